The number of amides is 1. The van der Waals surface area contributed by atoms with E-state index in [0.717, 1.165) is 19.5 Å². The van der Waals surface area contributed by atoms with Gasteiger partial charge in [-0.1, -0.05) is 0 Å². The van der Waals surface area contributed by atoms with Gasteiger partial charge in [-0.25, -0.2) is 0 Å². The molecule has 14 heavy (non-hydrogen) atoms. The molecule has 0 radical (unpaired) electrons. The minimum absolute atomic E-state index is 0.0862. The number of hydrogen-bond acceptors (Lipinski definition) is 4. The molecule has 1 aliphatic heterocycles. The number of nitrogen functional groups attached to an aromatic ring is 1. The maximum absolute atomic E-state index is 11.7. The molecule has 6 heteroatoms. The number of anilines is 1. The van der Waals surface area contributed by atoms with E-state index in [2.05, 4.69) is 10.2 Å². The highest BCUT2D eigenvalue weighted by Crippen LogP contribution is 2.21. The predicted octanol–water partition coefficient (Wildman–Crippen LogP) is -0.346. The fourth-order valence-corrected chi connectivity index (χ4v) is 1.69. The molecule has 0 aromatic carbocycles. The van der Waals surface area contributed by atoms with Crippen molar-refractivity contribution in [3.8, 4) is 0 Å². The lowest BCUT2D eigenvalue weighted by atomic mass is 10.3. The summed E-state index contributed by atoms with van der Waals surface area (Å²) in [6.07, 6.45) is 2.22. The molecular formula is C8H13N5O. The summed E-state index contributed by atoms with van der Waals surface area (Å²) in [7, 11) is 0. The number of aromatic nitrogens is 3. The van der Waals surface area contributed by atoms with Crippen LogP contribution in [0.4, 0.5) is 5.82 Å². The number of nitrogens with zero attached hydrogens (tertiary/aromatic N) is 4. The van der Waals surface area contributed by atoms with Crippen LogP contribution in [0.25, 0.3) is 0 Å². The molecule has 1 aliphatic rings. The van der Waals surface area contributed by atoms with Crippen LogP contribution in [-0.2, 0) is 4.79 Å². The minimum Gasteiger partial charge on any atom is -0.381 e. The third kappa shape index (κ3) is 1.32. The molecule has 0 saturated carbocycles. The first kappa shape index (κ1) is 8.98. The van der Waals surface area contributed by atoms with Crippen LogP contribution in [-0.4, -0.2) is 38.9 Å². The molecule has 0 spiro atoms. The maximum Gasteiger partial charge on any atom is 0.249 e. The zero-order chi connectivity index (χ0) is 10.1. The Morgan fingerprint density at radius 3 is 3.00 bits per heavy atom. The van der Waals surface area contributed by atoms with Crippen LogP contribution in [0.1, 0.15) is 19.4 Å². The van der Waals surface area contributed by atoms with E-state index in [1.54, 1.807) is 4.90 Å². The second-order valence-corrected chi connectivity index (χ2v) is 3.31. The number of rotatable bonds is 2. The summed E-state index contributed by atoms with van der Waals surface area (Å²) < 4.78 is 0. The molecule has 76 valence electrons. The lowest BCUT2D eigenvalue weighted by molar-refractivity contribution is -0.130. The molecule has 0 bridgehead atoms. The topological polar surface area (TPSA) is 77.0 Å². The first-order chi connectivity index (χ1) is 6.72. The van der Waals surface area contributed by atoms with Crippen molar-refractivity contribution in [1.29, 1.82) is 0 Å². The van der Waals surface area contributed by atoms with Crippen LogP contribution in [0, 0.1) is 0 Å². The van der Waals surface area contributed by atoms with Gasteiger partial charge >= 0.3 is 0 Å². The summed E-state index contributed by atoms with van der Waals surface area (Å²) >= 11 is 0. The van der Waals surface area contributed by atoms with Crippen molar-refractivity contribution in [3.05, 3.63) is 6.20 Å². The molecule has 1 fully saturated rings. The van der Waals surface area contributed by atoms with Gasteiger partial charge in [-0.15, -0.1) is 5.10 Å². The van der Waals surface area contributed by atoms with Gasteiger partial charge < -0.3 is 10.6 Å². The molecule has 0 aliphatic carbocycles. The van der Waals surface area contributed by atoms with Crippen molar-refractivity contribution in [2.75, 3.05) is 18.8 Å². The predicted molar refractivity (Wildman–Crippen MR) is 50.3 cm³/mol. The Hall–Kier alpha value is -1.59. The van der Waals surface area contributed by atoms with E-state index in [4.69, 9.17) is 5.73 Å². The third-order valence-electron chi connectivity index (χ3n) is 2.46. The largest absolute Gasteiger partial charge is 0.381 e. The Morgan fingerprint density at radius 1 is 1.71 bits per heavy atom. The maximum atomic E-state index is 11.7. The van der Waals surface area contributed by atoms with Gasteiger partial charge in [0, 0.05) is 13.1 Å². The smallest absolute Gasteiger partial charge is 0.249 e. The molecule has 1 aromatic rings. The van der Waals surface area contributed by atoms with E-state index in [1.807, 2.05) is 6.92 Å². The van der Waals surface area contributed by atoms with Crippen LogP contribution in [0.3, 0.4) is 0 Å². The molecule has 1 saturated heterocycles. The lowest BCUT2D eigenvalue weighted by Gasteiger charge is -2.12. The van der Waals surface area contributed by atoms with Gasteiger partial charge in [-0.3, -0.25) is 4.79 Å². The lowest BCUT2D eigenvalue weighted by Crippen LogP contribution is -2.28. The molecule has 1 amide bonds. The van der Waals surface area contributed by atoms with Gasteiger partial charge in [0.05, 0.1) is 6.20 Å². The number of likely N-dealkylation sites (N-methyl/N-ethyl adjacent to an activating group) is 1. The second-order valence-electron chi connectivity index (χ2n) is 3.31. The Labute approximate surface area is 81.7 Å². The third-order valence-corrected chi connectivity index (χ3v) is 2.46. The first-order valence-corrected chi connectivity index (χ1v) is 4.68. The zero-order valence-corrected chi connectivity index (χ0v) is 8.05. The molecule has 1 unspecified atom stereocenters. The molecular weight excluding hydrogens is 182 g/mol. The summed E-state index contributed by atoms with van der Waals surface area (Å²) in [6.45, 7) is 3.48. The fraction of sp³-hybridized carbons (Fsp3) is 0.625. The molecule has 1 aromatic heterocycles. The van der Waals surface area contributed by atoms with E-state index < -0.39 is 0 Å². The summed E-state index contributed by atoms with van der Waals surface area (Å²) in [5.74, 6) is 0.441. The zero-order valence-electron chi connectivity index (χ0n) is 8.05. The van der Waals surface area contributed by atoms with Gasteiger partial charge in [0.1, 0.15) is 0 Å². The van der Waals surface area contributed by atoms with E-state index in [-0.39, 0.29) is 11.9 Å². The average molecular weight is 195 g/mol. The number of likely N-dealkylation sites (tertiary alicyclic amines) is 1. The van der Waals surface area contributed by atoms with E-state index >= 15 is 0 Å². The quantitative estimate of drug-likeness (QED) is 0.700. The standard InChI is InChI=1S/C8H13N5O/c1-2-12-4-3-6(8(12)14)13-10-5-7(9)11-13/h5-6H,2-4H2,1H3,(H2,9,11). The molecule has 2 rings (SSSR count). The van der Waals surface area contributed by atoms with Crippen molar-refractivity contribution in [3.63, 3.8) is 0 Å². The Bertz CT molecular complexity index is 347. The highest BCUT2D eigenvalue weighted by molar-refractivity contribution is 5.82. The van der Waals surface area contributed by atoms with Gasteiger partial charge in [-0.05, 0) is 13.3 Å². The number of hydrogen-bond donors (Lipinski definition) is 1. The number of carbonyl (C=O) groups is 1. The molecule has 6 nitrogen and oxygen atoms in total. The molecule has 2 heterocycles. The summed E-state index contributed by atoms with van der Waals surface area (Å²) in [5.41, 5.74) is 5.44. The minimum atomic E-state index is -0.257. The van der Waals surface area contributed by atoms with Crippen molar-refractivity contribution >= 4 is 11.7 Å². The van der Waals surface area contributed by atoms with Crippen LogP contribution in [0.15, 0.2) is 6.20 Å². The van der Waals surface area contributed by atoms with Crippen molar-refractivity contribution in [1.82, 2.24) is 19.9 Å². The number of carbonyl (C=O) groups excluding carboxylic acids is 1. The van der Waals surface area contributed by atoms with E-state index in [0.29, 0.717) is 5.82 Å². The summed E-state index contributed by atoms with van der Waals surface area (Å²) in [6, 6.07) is -0.257. The van der Waals surface area contributed by atoms with Crippen molar-refractivity contribution < 1.29 is 4.79 Å². The van der Waals surface area contributed by atoms with E-state index in [1.165, 1.54) is 11.0 Å². The molecule has 2 N–H and O–H groups in total. The van der Waals surface area contributed by atoms with Gasteiger partial charge in [0.15, 0.2) is 11.9 Å². The average Bonchev–Trinajstić information content (AvgIpc) is 2.72. The SMILES string of the molecule is CCN1CCC(n2ncc(N)n2)C1=O. The summed E-state index contributed by atoms with van der Waals surface area (Å²) in [4.78, 5) is 14.9. The Morgan fingerprint density at radius 2 is 2.50 bits per heavy atom. The van der Waals surface area contributed by atoms with Gasteiger partial charge in [-0.2, -0.15) is 9.90 Å². The normalized spacial score (nSPS) is 21.9. The Balaban J connectivity index is 2.17. The molecule has 1 atom stereocenters. The van der Waals surface area contributed by atoms with Crippen LogP contribution >= 0.6 is 0 Å². The first-order valence-electron chi connectivity index (χ1n) is 4.68. The van der Waals surface area contributed by atoms with Crippen molar-refractivity contribution in [2.24, 2.45) is 0 Å². The highest BCUT2D eigenvalue weighted by atomic mass is 16.2. The second kappa shape index (κ2) is 3.28. The fourth-order valence-electron chi connectivity index (χ4n) is 1.69. The van der Waals surface area contributed by atoms with Crippen LogP contribution < -0.4 is 5.73 Å². The van der Waals surface area contributed by atoms with Gasteiger partial charge in [0.2, 0.25) is 5.91 Å². The van der Waals surface area contributed by atoms with Crippen molar-refractivity contribution in [2.45, 2.75) is 19.4 Å². The monoisotopic (exact) mass is 195 g/mol. The van der Waals surface area contributed by atoms with Crippen LogP contribution in [0.2, 0.25) is 0 Å². The van der Waals surface area contributed by atoms with Crippen LogP contribution in [0.5, 0.6) is 0 Å². The number of nitrogens with two attached hydrogens (primary N) is 1. The Kier molecular flexibility index (Phi) is 2.11. The highest BCUT2D eigenvalue weighted by Gasteiger charge is 2.33. The summed E-state index contributed by atoms with van der Waals surface area (Å²) in [5, 5.41) is 7.90. The van der Waals surface area contributed by atoms with E-state index in [9.17, 15) is 4.79 Å². The van der Waals surface area contributed by atoms with Gasteiger partial charge in [0.25, 0.3) is 0 Å².